The highest BCUT2D eigenvalue weighted by atomic mass is 79.9. The van der Waals surface area contributed by atoms with E-state index in [9.17, 15) is 10.3 Å². The van der Waals surface area contributed by atoms with E-state index in [0.29, 0.717) is 54.0 Å². The highest BCUT2D eigenvalue weighted by molar-refractivity contribution is 9.10. The average molecular weight is 622 g/mol. The number of nitrogens with one attached hydrogen (secondary N) is 2. The number of halogens is 1. The van der Waals surface area contributed by atoms with Gasteiger partial charge in [0.15, 0.2) is 11.6 Å². The molecule has 41 heavy (non-hydrogen) atoms. The van der Waals surface area contributed by atoms with Gasteiger partial charge in [-0.1, -0.05) is 77.4 Å². The quantitative estimate of drug-likeness (QED) is 0.0714. The number of ether oxygens (including phenoxy) is 2. The maximum Gasteiger partial charge on any atom is 0.266 e. The van der Waals surface area contributed by atoms with Gasteiger partial charge >= 0.3 is 0 Å². The van der Waals surface area contributed by atoms with Crippen molar-refractivity contribution in [2.75, 3.05) is 19.8 Å². The van der Waals surface area contributed by atoms with Crippen molar-refractivity contribution in [3.63, 3.8) is 0 Å². The van der Waals surface area contributed by atoms with Crippen LogP contribution in [-0.2, 0) is 16.0 Å². The number of hydrazine groups is 1. The molecule has 1 aliphatic rings. The molecule has 11 heteroatoms. The van der Waals surface area contributed by atoms with Crippen LogP contribution in [0.15, 0.2) is 87.4 Å². The van der Waals surface area contributed by atoms with Gasteiger partial charge in [-0.05, 0) is 47.3 Å². The Labute approximate surface area is 247 Å². The van der Waals surface area contributed by atoms with E-state index in [-0.39, 0.29) is 18.9 Å². The molecule has 0 saturated heterocycles. The second-order valence-electron chi connectivity index (χ2n) is 10.0. The fourth-order valence-electron chi connectivity index (χ4n) is 4.49. The Morgan fingerprint density at radius 3 is 2.61 bits per heavy atom. The monoisotopic (exact) mass is 620 g/mol. The maximum atomic E-state index is 14.2. The van der Waals surface area contributed by atoms with Crippen molar-refractivity contribution in [1.82, 2.24) is 10.9 Å². The summed E-state index contributed by atoms with van der Waals surface area (Å²) in [5.41, 5.74) is 16.1. The molecule has 3 N–H and O–H groups in total. The van der Waals surface area contributed by atoms with Gasteiger partial charge in [0.2, 0.25) is 5.90 Å². The predicted octanol–water partition coefficient (Wildman–Crippen LogP) is 5.93. The molecule has 3 aromatic rings. The van der Waals surface area contributed by atoms with Crippen molar-refractivity contribution in [1.29, 1.82) is 0 Å². The van der Waals surface area contributed by atoms with E-state index >= 15 is 0 Å². The predicted molar refractivity (Wildman–Crippen MR) is 161 cm³/mol. The second kappa shape index (κ2) is 14.1. The molecular formula is C30H33BrN6O4. The number of nitrogens with zero attached hydrogens (tertiary/aromatic N) is 4. The van der Waals surface area contributed by atoms with Gasteiger partial charge in [0, 0.05) is 52.2 Å². The summed E-state index contributed by atoms with van der Waals surface area (Å²) in [6.07, 6.45) is -0.172. The van der Waals surface area contributed by atoms with Crippen molar-refractivity contribution >= 4 is 33.4 Å². The third kappa shape index (κ3) is 7.25. The number of azide groups is 1. The van der Waals surface area contributed by atoms with Crippen LogP contribution in [0.25, 0.3) is 10.4 Å². The van der Waals surface area contributed by atoms with Crippen LogP contribution in [0, 0.1) is 5.92 Å². The number of carbonyl (C=O) groups excluding carboxylic acids is 1. The molecule has 10 nitrogen and oxygen atoms in total. The molecule has 0 aromatic heterocycles. The molecular weight excluding hydrogens is 588 g/mol. The first-order valence-corrected chi connectivity index (χ1v) is 14.2. The number of hydrogen-bond acceptors (Lipinski definition) is 7. The smallest absolute Gasteiger partial charge is 0.266 e. The lowest BCUT2D eigenvalue weighted by atomic mass is 9.81. The van der Waals surface area contributed by atoms with E-state index in [2.05, 4.69) is 36.8 Å². The maximum absolute atomic E-state index is 14.2. The van der Waals surface area contributed by atoms with Gasteiger partial charge in [0.25, 0.3) is 5.91 Å². The number of carbonyl (C=O) groups is 1. The number of aliphatic hydroxyl groups excluding tert-OH is 1. The molecule has 0 saturated carbocycles. The molecule has 0 fully saturated rings. The molecule has 4 rings (SSSR count). The summed E-state index contributed by atoms with van der Waals surface area (Å²) in [4.78, 5) is 22.2. The third-order valence-corrected chi connectivity index (χ3v) is 7.26. The Kier molecular flexibility index (Phi) is 10.4. The minimum Gasteiger partial charge on any atom is -0.494 e. The zero-order valence-electron chi connectivity index (χ0n) is 23.0. The zero-order chi connectivity index (χ0) is 29.2. The first-order valence-electron chi connectivity index (χ1n) is 13.4. The van der Waals surface area contributed by atoms with Crippen LogP contribution in [0.4, 0.5) is 5.69 Å². The summed E-state index contributed by atoms with van der Waals surface area (Å²) in [5, 5.41) is 12.9. The van der Waals surface area contributed by atoms with Crippen LogP contribution in [0.2, 0.25) is 0 Å². The number of benzene rings is 3. The molecule has 1 amide bonds. The topological polar surface area (TPSA) is 141 Å². The number of amides is 1. The number of aliphatic hydroxyl groups is 1. The lowest BCUT2D eigenvalue weighted by Crippen LogP contribution is -2.54. The number of rotatable bonds is 13. The fraction of sp³-hybridized carbons (Fsp3) is 0.333. The summed E-state index contributed by atoms with van der Waals surface area (Å²) in [5.74, 6) is 0.864. The lowest BCUT2D eigenvalue weighted by molar-refractivity contribution is -0.130. The average Bonchev–Trinajstić information content (AvgIpc) is 3.35. The van der Waals surface area contributed by atoms with Crippen LogP contribution < -0.4 is 15.6 Å². The van der Waals surface area contributed by atoms with Gasteiger partial charge < -0.3 is 14.6 Å². The number of hydrogen-bond donors (Lipinski definition) is 3. The van der Waals surface area contributed by atoms with Gasteiger partial charge in [0.05, 0.1) is 6.61 Å². The zero-order valence-corrected chi connectivity index (χ0v) is 24.5. The Morgan fingerprint density at radius 2 is 1.90 bits per heavy atom. The molecule has 0 aliphatic carbocycles. The minimum atomic E-state index is -1.46. The van der Waals surface area contributed by atoms with Crippen molar-refractivity contribution in [3.05, 3.63) is 104 Å². The van der Waals surface area contributed by atoms with Gasteiger partial charge in [-0.15, -0.1) is 0 Å². The standard InChI is InChI=1S/C30H33BrN6O4/c1-20(2)19-33-36-29(39)30(18-22-8-3-6-11-26(22)35-37-32)27(24-9-4-5-10-25(24)31)41-28(34-30)21-12-14-23(15-13-21)40-17-7-16-38/h3-6,8-15,20,27,33,38H,7,16-19H2,1-2H3,(H,36,39)/t27-,30-/m0/s1. The van der Waals surface area contributed by atoms with E-state index < -0.39 is 11.6 Å². The van der Waals surface area contributed by atoms with Gasteiger partial charge in [-0.25, -0.2) is 10.4 Å². The second-order valence-corrected chi connectivity index (χ2v) is 10.9. The first-order chi connectivity index (χ1) is 19.9. The minimum absolute atomic E-state index is 0.0537. The molecule has 0 unspecified atom stereocenters. The highest BCUT2D eigenvalue weighted by Crippen LogP contribution is 2.45. The fourth-order valence-corrected chi connectivity index (χ4v) is 4.98. The van der Waals surface area contributed by atoms with Gasteiger partial charge in [-0.3, -0.25) is 10.2 Å². The largest absolute Gasteiger partial charge is 0.494 e. The first kappa shape index (κ1) is 30.1. The lowest BCUT2D eigenvalue weighted by Gasteiger charge is -2.31. The van der Waals surface area contributed by atoms with Crippen molar-refractivity contribution in [3.8, 4) is 5.75 Å². The van der Waals surface area contributed by atoms with E-state index in [1.54, 1.807) is 24.3 Å². The van der Waals surface area contributed by atoms with Crippen molar-refractivity contribution < 1.29 is 19.4 Å². The molecule has 0 spiro atoms. The summed E-state index contributed by atoms with van der Waals surface area (Å²) in [6, 6.07) is 21.9. The van der Waals surface area contributed by atoms with Crippen LogP contribution in [0.5, 0.6) is 5.75 Å². The molecule has 2 atom stereocenters. The Hall–Kier alpha value is -3.89. The summed E-state index contributed by atoms with van der Waals surface area (Å²) in [7, 11) is 0. The van der Waals surface area contributed by atoms with Crippen LogP contribution in [-0.4, -0.2) is 42.2 Å². The van der Waals surface area contributed by atoms with Gasteiger partial charge in [0.1, 0.15) is 5.75 Å². The third-order valence-electron chi connectivity index (χ3n) is 6.53. The van der Waals surface area contributed by atoms with Crippen molar-refractivity contribution in [2.45, 2.75) is 38.3 Å². The van der Waals surface area contributed by atoms with E-state index in [1.165, 1.54) is 0 Å². The molecule has 214 valence electrons. The van der Waals surface area contributed by atoms with E-state index in [0.717, 1.165) is 10.0 Å². The summed E-state index contributed by atoms with van der Waals surface area (Å²) < 4.78 is 13.0. The Morgan fingerprint density at radius 1 is 1.17 bits per heavy atom. The van der Waals surface area contributed by atoms with Crippen LogP contribution in [0.1, 0.15) is 43.1 Å². The Balaban J connectivity index is 1.82. The van der Waals surface area contributed by atoms with E-state index in [4.69, 9.17) is 19.6 Å². The van der Waals surface area contributed by atoms with Crippen molar-refractivity contribution in [2.24, 2.45) is 16.0 Å². The summed E-state index contributed by atoms with van der Waals surface area (Å²) >= 11 is 3.64. The molecule has 0 bridgehead atoms. The van der Waals surface area contributed by atoms with Gasteiger partial charge in [-0.2, -0.15) is 0 Å². The molecule has 1 heterocycles. The molecule has 0 radical (unpaired) electrons. The van der Waals surface area contributed by atoms with Crippen LogP contribution >= 0.6 is 15.9 Å². The SMILES string of the molecule is CC(C)CNNC(=O)[C@@]1(Cc2ccccc2N=[N+]=[N-])N=C(c2ccc(OCCCO)cc2)O[C@H]1c1ccccc1Br. The highest BCUT2D eigenvalue weighted by Gasteiger charge is 2.54. The van der Waals surface area contributed by atoms with E-state index in [1.807, 2.05) is 62.4 Å². The summed E-state index contributed by atoms with van der Waals surface area (Å²) in [6.45, 7) is 5.10. The Bertz CT molecular complexity index is 1420. The molecule has 1 aliphatic heterocycles. The normalized spacial score (nSPS) is 17.9. The molecule has 3 aromatic carbocycles. The van der Waals surface area contributed by atoms with Crippen LogP contribution in [0.3, 0.4) is 0 Å². The number of aliphatic imine (C=N–C) groups is 1.